The van der Waals surface area contributed by atoms with Crippen molar-refractivity contribution >= 4 is 32.7 Å². The summed E-state index contributed by atoms with van der Waals surface area (Å²) in [7, 11) is 0. The van der Waals surface area contributed by atoms with E-state index in [4.69, 9.17) is 9.84 Å². The van der Waals surface area contributed by atoms with Crippen LogP contribution in [0, 0.1) is 5.92 Å². The summed E-state index contributed by atoms with van der Waals surface area (Å²) in [6.07, 6.45) is 0.0820. The van der Waals surface area contributed by atoms with Crippen LogP contribution in [0.1, 0.15) is 20.3 Å². The largest absolute Gasteiger partial charge is 0.493 e. The van der Waals surface area contributed by atoms with Crippen molar-refractivity contribution in [2.24, 2.45) is 5.92 Å². The summed E-state index contributed by atoms with van der Waals surface area (Å²) in [6, 6.07) is 5.80. The highest BCUT2D eigenvalue weighted by Crippen LogP contribution is 2.29. The van der Waals surface area contributed by atoms with Crippen LogP contribution in [0.2, 0.25) is 0 Å². The SMILES string of the molecule is CC(C)COc1ccc2nc(NCCC(=O)O)sc2c1. The highest BCUT2D eigenvalue weighted by Gasteiger charge is 2.06. The van der Waals surface area contributed by atoms with Crippen LogP contribution in [0.25, 0.3) is 10.2 Å². The normalized spacial score (nSPS) is 10.9. The molecule has 20 heavy (non-hydrogen) atoms. The Labute approximate surface area is 121 Å². The zero-order valence-corrected chi connectivity index (χ0v) is 12.4. The van der Waals surface area contributed by atoms with Crippen LogP contribution in [0.3, 0.4) is 0 Å². The van der Waals surface area contributed by atoms with Crippen LogP contribution in [-0.4, -0.2) is 29.2 Å². The molecule has 0 aliphatic carbocycles. The van der Waals surface area contributed by atoms with Gasteiger partial charge in [-0.25, -0.2) is 4.98 Å². The van der Waals surface area contributed by atoms with E-state index in [1.807, 2.05) is 18.2 Å². The molecular weight excluding hydrogens is 276 g/mol. The van der Waals surface area contributed by atoms with Gasteiger partial charge in [0.2, 0.25) is 0 Å². The minimum absolute atomic E-state index is 0.0820. The number of carboxylic acid groups (broad SMARTS) is 1. The maximum atomic E-state index is 10.5. The monoisotopic (exact) mass is 294 g/mol. The molecule has 2 rings (SSSR count). The van der Waals surface area contributed by atoms with Gasteiger partial charge in [0.05, 0.1) is 23.2 Å². The summed E-state index contributed by atoms with van der Waals surface area (Å²) in [5.41, 5.74) is 0.893. The van der Waals surface area contributed by atoms with E-state index in [-0.39, 0.29) is 6.42 Å². The number of fused-ring (bicyclic) bond motifs is 1. The molecule has 0 bridgehead atoms. The second-order valence-electron chi connectivity index (χ2n) is 4.92. The number of hydrogen-bond acceptors (Lipinski definition) is 5. The van der Waals surface area contributed by atoms with Gasteiger partial charge in [0.1, 0.15) is 5.75 Å². The molecule has 0 saturated heterocycles. The first-order valence-corrected chi connectivity index (χ1v) is 7.35. The van der Waals surface area contributed by atoms with Gasteiger partial charge in [-0.15, -0.1) is 0 Å². The molecule has 6 heteroatoms. The van der Waals surface area contributed by atoms with Gasteiger partial charge in [0.15, 0.2) is 5.13 Å². The lowest BCUT2D eigenvalue weighted by atomic mass is 10.2. The van der Waals surface area contributed by atoms with Gasteiger partial charge in [0.25, 0.3) is 0 Å². The van der Waals surface area contributed by atoms with Crippen molar-refractivity contribution < 1.29 is 14.6 Å². The standard InChI is InChI=1S/C14H18N2O3S/c1-9(2)8-19-10-3-4-11-12(7-10)20-14(16-11)15-6-5-13(17)18/h3-4,7,9H,5-6,8H2,1-2H3,(H,15,16)(H,17,18). The maximum absolute atomic E-state index is 10.5. The average Bonchev–Trinajstić information content (AvgIpc) is 2.77. The van der Waals surface area contributed by atoms with Gasteiger partial charge in [0, 0.05) is 6.54 Å². The fourth-order valence-electron chi connectivity index (χ4n) is 1.61. The summed E-state index contributed by atoms with van der Waals surface area (Å²) in [5, 5.41) is 12.4. The van der Waals surface area contributed by atoms with Gasteiger partial charge < -0.3 is 15.2 Å². The number of aliphatic carboxylic acids is 1. The summed E-state index contributed by atoms with van der Waals surface area (Å²) >= 11 is 1.50. The molecule has 1 aromatic carbocycles. The Bertz CT molecular complexity index is 595. The third kappa shape index (κ3) is 4.09. The van der Waals surface area contributed by atoms with Crippen molar-refractivity contribution in [2.75, 3.05) is 18.5 Å². The lowest BCUT2D eigenvalue weighted by Gasteiger charge is -2.07. The Hall–Kier alpha value is -1.82. The molecule has 0 atom stereocenters. The third-order valence-corrected chi connectivity index (χ3v) is 3.53. The van der Waals surface area contributed by atoms with E-state index in [1.165, 1.54) is 11.3 Å². The summed E-state index contributed by atoms with van der Waals surface area (Å²) in [6.45, 7) is 5.28. The number of nitrogens with one attached hydrogen (secondary N) is 1. The number of aromatic nitrogens is 1. The number of carbonyl (C=O) groups is 1. The van der Waals surface area contributed by atoms with E-state index >= 15 is 0 Å². The van der Waals surface area contributed by atoms with Crippen LogP contribution in [0.5, 0.6) is 5.75 Å². The molecule has 0 unspecified atom stereocenters. The second-order valence-corrected chi connectivity index (χ2v) is 5.95. The van der Waals surface area contributed by atoms with E-state index < -0.39 is 5.97 Å². The first kappa shape index (κ1) is 14.6. The lowest BCUT2D eigenvalue weighted by molar-refractivity contribution is -0.136. The van der Waals surface area contributed by atoms with Crippen LogP contribution in [-0.2, 0) is 4.79 Å². The molecule has 2 N–H and O–H groups in total. The van der Waals surface area contributed by atoms with Gasteiger partial charge in [-0.05, 0) is 24.1 Å². The molecule has 108 valence electrons. The first-order valence-electron chi connectivity index (χ1n) is 6.53. The van der Waals surface area contributed by atoms with E-state index in [0.717, 1.165) is 21.1 Å². The number of benzene rings is 1. The Morgan fingerprint density at radius 2 is 2.30 bits per heavy atom. The zero-order valence-electron chi connectivity index (χ0n) is 11.5. The van der Waals surface area contributed by atoms with E-state index in [9.17, 15) is 4.79 Å². The number of rotatable bonds is 7. The molecular formula is C14H18N2O3S. The van der Waals surface area contributed by atoms with E-state index in [0.29, 0.717) is 19.1 Å². The van der Waals surface area contributed by atoms with E-state index in [2.05, 4.69) is 24.1 Å². The van der Waals surface area contributed by atoms with Crippen molar-refractivity contribution in [1.82, 2.24) is 4.98 Å². The number of hydrogen-bond donors (Lipinski definition) is 2. The number of anilines is 1. The van der Waals surface area contributed by atoms with Gasteiger partial charge in [-0.3, -0.25) is 4.79 Å². The van der Waals surface area contributed by atoms with Crippen molar-refractivity contribution in [3.05, 3.63) is 18.2 Å². The molecule has 1 aromatic heterocycles. The molecule has 0 amide bonds. The second kappa shape index (κ2) is 6.56. The molecule has 0 aliphatic heterocycles. The van der Waals surface area contributed by atoms with Crippen molar-refractivity contribution in [3.63, 3.8) is 0 Å². The minimum Gasteiger partial charge on any atom is -0.493 e. The summed E-state index contributed by atoms with van der Waals surface area (Å²) in [4.78, 5) is 14.9. The Morgan fingerprint density at radius 1 is 1.50 bits per heavy atom. The smallest absolute Gasteiger partial charge is 0.305 e. The van der Waals surface area contributed by atoms with E-state index in [1.54, 1.807) is 0 Å². The van der Waals surface area contributed by atoms with Crippen LogP contribution < -0.4 is 10.1 Å². The van der Waals surface area contributed by atoms with Crippen LogP contribution in [0.4, 0.5) is 5.13 Å². The molecule has 2 aromatic rings. The topological polar surface area (TPSA) is 71.5 Å². The maximum Gasteiger partial charge on any atom is 0.305 e. The Morgan fingerprint density at radius 3 is 3.00 bits per heavy atom. The fourth-order valence-corrected chi connectivity index (χ4v) is 2.53. The molecule has 0 radical (unpaired) electrons. The van der Waals surface area contributed by atoms with Gasteiger partial charge >= 0.3 is 5.97 Å². The predicted molar refractivity (Wildman–Crippen MR) is 80.7 cm³/mol. The quantitative estimate of drug-likeness (QED) is 0.820. The van der Waals surface area contributed by atoms with Crippen molar-refractivity contribution in [3.8, 4) is 5.75 Å². The zero-order chi connectivity index (χ0) is 14.5. The number of carboxylic acids is 1. The number of thiazole rings is 1. The average molecular weight is 294 g/mol. The summed E-state index contributed by atoms with van der Waals surface area (Å²) in [5.74, 6) is 0.510. The van der Waals surface area contributed by atoms with Crippen LogP contribution in [0.15, 0.2) is 18.2 Å². The highest BCUT2D eigenvalue weighted by atomic mass is 32.1. The minimum atomic E-state index is -0.817. The highest BCUT2D eigenvalue weighted by molar-refractivity contribution is 7.22. The van der Waals surface area contributed by atoms with Gasteiger partial charge in [-0.2, -0.15) is 0 Å². The molecule has 1 heterocycles. The lowest BCUT2D eigenvalue weighted by Crippen LogP contribution is -2.06. The molecule has 0 aliphatic rings. The number of ether oxygens (including phenoxy) is 1. The summed E-state index contributed by atoms with van der Waals surface area (Å²) < 4.78 is 6.71. The molecule has 0 saturated carbocycles. The third-order valence-electron chi connectivity index (χ3n) is 2.56. The Balaban J connectivity index is 2.03. The predicted octanol–water partition coefficient (Wildman–Crippen LogP) is 3.22. The van der Waals surface area contributed by atoms with Crippen LogP contribution >= 0.6 is 11.3 Å². The fraction of sp³-hybridized carbons (Fsp3) is 0.429. The molecule has 5 nitrogen and oxygen atoms in total. The molecule has 0 fully saturated rings. The van der Waals surface area contributed by atoms with Gasteiger partial charge in [-0.1, -0.05) is 25.2 Å². The van der Waals surface area contributed by atoms with Crippen molar-refractivity contribution in [1.29, 1.82) is 0 Å². The molecule has 0 spiro atoms. The Kier molecular flexibility index (Phi) is 4.79. The number of nitrogens with zero attached hydrogens (tertiary/aromatic N) is 1. The van der Waals surface area contributed by atoms with Crippen molar-refractivity contribution in [2.45, 2.75) is 20.3 Å². The first-order chi connectivity index (χ1) is 9.54.